The number of nitrogens with zero attached hydrogens (tertiary/aromatic N) is 1. The van der Waals surface area contributed by atoms with E-state index in [2.05, 4.69) is 5.32 Å². The number of nitrogens with one attached hydrogen (secondary N) is 1. The largest absolute Gasteiger partial charge is 0.444 e. The summed E-state index contributed by atoms with van der Waals surface area (Å²) in [5, 5.41) is 2.79. The molecule has 0 fully saturated rings. The van der Waals surface area contributed by atoms with Gasteiger partial charge in [-0.3, -0.25) is 9.69 Å². The molecule has 0 saturated carbocycles. The number of carbonyl (C=O) groups is 2. The summed E-state index contributed by atoms with van der Waals surface area (Å²) in [6, 6.07) is 3.56. The summed E-state index contributed by atoms with van der Waals surface area (Å²) >= 11 is 5.75. The van der Waals surface area contributed by atoms with Gasteiger partial charge in [-0.2, -0.15) is 0 Å². The third-order valence-electron chi connectivity index (χ3n) is 2.96. The van der Waals surface area contributed by atoms with Gasteiger partial charge in [-0.25, -0.2) is 9.18 Å². The molecule has 1 N–H and O–H groups in total. The number of hydrogen-bond donors (Lipinski definition) is 1. The summed E-state index contributed by atoms with van der Waals surface area (Å²) in [5.41, 5.74) is -0.546. The Morgan fingerprint density at radius 1 is 1.35 bits per heavy atom. The molecule has 0 aliphatic heterocycles. The number of ether oxygens (including phenoxy) is 1. The maximum atomic E-state index is 13.3. The summed E-state index contributed by atoms with van der Waals surface area (Å²) in [6.07, 6.45) is -0.675. The smallest absolute Gasteiger partial charge is 0.411 e. The maximum Gasteiger partial charge on any atom is 0.411 e. The Morgan fingerprint density at radius 3 is 2.43 bits per heavy atom. The summed E-state index contributed by atoms with van der Waals surface area (Å²) in [6.45, 7) is 7.08. The Bertz CT molecular complexity index is 567. The van der Waals surface area contributed by atoms with Crippen LogP contribution in [0.25, 0.3) is 0 Å². The second-order valence-electron chi connectivity index (χ2n) is 6.15. The number of rotatable bonds is 4. The van der Waals surface area contributed by atoms with Crippen molar-refractivity contribution >= 4 is 23.6 Å². The zero-order chi connectivity index (χ0) is 17.8. The van der Waals surface area contributed by atoms with E-state index in [0.717, 1.165) is 12.1 Å². The molecule has 1 unspecified atom stereocenters. The minimum absolute atomic E-state index is 0.0889. The Balaban J connectivity index is 2.82. The lowest BCUT2D eigenvalue weighted by Crippen LogP contribution is -2.49. The van der Waals surface area contributed by atoms with Crippen LogP contribution in [0.2, 0.25) is 5.02 Å². The highest BCUT2D eigenvalue weighted by molar-refractivity contribution is 6.31. The van der Waals surface area contributed by atoms with Gasteiger partial charge in [-0.15, -0.1) is 0 Å². The molecule has 0 spiro atoms. The highest BCUT2D eigenvalue weighted by atomic mass is 35.5. The van der Waals surface area contributed by atoms with Crippen LogP contribution in [-0.4, -0.2) is 35.7 Å². The van der Waals surface area contributed by atoms with Crippen molar-refractivity contribution < 1.29 is 18.7 Å². The van der Waals surface area contributed by atoms with E-state index in [9.17, 15) is 14.0 Å². The van der Waals surface area contributed by atoms with Crippen LogP contribution < -0.4 is 5.32 Å². The van der Waals surface area contributed by atoms with Crippen LogP contribution in [-0.2, 0) is 4.74 Å². The maximum absolute atomic E-state index is 13.3. The topological polar surface area (TPSA) is 58.6 Å². The minimum Gasteiger partial charge on any atom is -0.444 e. The molecule has 1 atom stereocenters. The third-order valence-corrected chi connectivity index (χ3v) is 3.18. The van der Waals surface area contributed by atoms with E-state index in [1.165, 1.54) is 18.0 Å². The quantitative estimate of drug-likeness (QED) is 0.845. The predicted molar refractivity (Wildman–Crippen MR) is 87.0 cm³/mol. The average molecular weight is 345 g/mol. The van der Waals surface area contributed by atoms with Crippen LogP contribution in [0.15, 0.2) is 18.2 Å². The van der Waals surface area contributed by atoms with E-state index < -0.39 is 29.6 Å². The van der Waals surface area contributed by atoms with Crippen molar-refractivity contribution in [3.8, 4) is 0 Å². The molecule has 5 nitrogen and oxygen atoms in total. The zero-order valence-corrected chi connectivity index (χ0v) is 14.7. The molecule has 7 heteroatoms. The number of amides is 2. The van der Waals surface area contributed by atoms with Gasteiger partial charge in [0.2, 0.25) is 0 Å². The van der Waals surface area contributed by atoms with E-state index in [4.69, 9.17) is 16.3 Å². The van der Waals surface area contributed by atoms with E-state index in [-0.39, 0.29) is 10.6 Å². The first-order valence-corrected chi connectivity index (χ1v) is 7.64. The average Bonchev–Trinajstić information content (AvgIpc) is 2.40. The normalized spacial score (nSPS) is 12.5. The van der Waals surface area contributed by atoms with Crippen molar-refractivity contribution in [3.05, 3.63) is 34.6 Å². The van der Waals surface area contributed by atoms with Gasteiger partial charge in [0.05, 0.1) is 0 Å². The van der Waals surface area contributed by atoms with Gasteiger partial charge in [0.1, 0.15) is 17.6 Å². The fraction of sp³-hybridized carbons (Fsp3) is 0.500. The Labute approximate surface area is 140 Å². The lowest BCUT2D eigenvalue weighted by Gasteiger charge is -2.30. The molecule has 0 saturated heterocycles. The van der Waals surface area contributed by atoms with Gasteiger partial charge in [0.15, 0.2) is 0 Å². The molecule has 1 aromatic carbocycles. The summed E-state index contributed by atoms with van der Waals surface area (Å²) in [4.78, 5) is 25.6. The van der Waals surface area contributed by atoms with Crippen molar-refractivity contribution in [3.63, 3.8) is 0 Å². The first-order chi connectivity index (χ1) is 10.5. The Morgan fingerprint density at radius 2 is 1.96 bits per heavy atom. The fourth-order valence-corrected chi connectivity index (χ4v) is 2.08. The van der Waals surface area contributed by atoms with E-state index in [1.807, 2.05) is 6.92 Å². The first kappa shape index (κ1) is 19.2. The lowest BCUT2D eigenvalue weighted by atomic mass is 10.2. The minimum atomic E-state index is -0.635. The van der Waals surface area contributed by atoms with Gasteiger partial charge in [-0.1, -0.05) is 18.5 Å². The van der Waals surface area contributed by atoms with E-state index >= 15 is 0 Å². The molecule has 23 heavy (non-hydrogen) atoms. The molecule has 1 rings (SSSR count). The third kappa shape index (κ3) is 6.06. The Hall–Kier alpha value is -1.82. The van der Waals surface area contributed by atoms with Crippen molar-refractivity contribution in [1.29, 1.82) is 0 Å². The molecule has 0 bridgehead atoms. The molecule has 0 radical (unpaired) electrons. The van der Waals surface area contributed by atoms with Crippen molar-refractivity contribution in [2.75, 3.05) is 7.05 Å². The highest BCUT2D eigenvalue weighted by Crippen LogP contribution is 2.15. The zero-order valence-electron chi connectivity index (χ0n) is 13.9. The second-order valence-corrected chi connectivity index (χ2v) is 6.58. The number of hydrogen-bond acceptors (Lipinski definition) is 3. The number of halogens is 2. The molecular weight excluding hydrogens is 323 g/mol. The van der Waals surface area contributed by atoms with Gasteiger partial charge in [0, 0.05) is 17.6 Å². The van der Waals surface area contributed by atoms with Crippen molar-refractivity contribution in [2.24, 2.45) is 0 Å². The number of carbonyl (C=O) groups excluding carboxylic acids is 2. The molecular formula is C16H22ClFN2O3. The molecule has 2 amide bonds. The molecule has 128 valence electrons. The van der Waals surface area contributed by atoms with E-state index in [0.29, 0.717) is 6.42 Å². The molecule has 1 aromatic rings. The number of benzene rings is 1. The van der Waals surface area contributed by atoms with E-state index in [1.54, 1.807) is 20.8 Å². The Kier molecular flexibility index (Phi) is 6.38. The molecule has 0 aliphatic rings. The van der Waals surface area contributed by atoms with Crippen LogP contribution in [0.5, 0.6) is 0 Å². The van der Waals surface area contributed by atoms with Crippen LogP contribution >= 0.6 is 11.6 Å². The second kappa shape index (κ2) is 7.64. The van der Waals surface area contributed by atoms with Crippen molar-refractivity contribution in [1.82, 2.24) is 10.2 Å². The SMILES string of the molecule is CCC(NC(=O)c1cc(F)cc(Cl)c1)N(C)C(=O)OC(C)(C)C. The summed E-state index contributed by atoms with van der Waals surface area (Å²) < 4.78 is 18.6. The van der Waals surface area contributed by atoms with Crippen LogP contribution in [0, 0.1) is 5.82 Å². The highest BCUT2D eigenvalue weighted by Gasteiger charge is 2.25. The molecule has 0 heterocycles. The van der Waals surface area contributed by atoms with Crippen molar-refractivity contribution in [2.45, 2.75) is 45.9 Å². The molecule has 0 aromatic heterocycles. The molecule has 0 aliphatic carbocycles. The van der Waals surface area contributed by atoms with Crippen LogP contribution in [0.3, 0.4) is 0 Å². The van der Waals surface area contributed by atoms with Gasteiger partial charge in [-0.05, 0) is 45.4 Å². The van der Waals surface area contributed by atoms with Crippen LogP contribution in [0.1, 0.15) is 44.5 Å². The van der Waals surface area contributed by atoms with Gasteiger partial charge < -0.3 is 10.1 Å². The summed E-state index contributed by atoms with van der Waals surface area (Å²) in [5.74, 6) is -1.12. The summed E-state index contributed by atoms with van der Waals surface area (Å²) in [7, 11) is 1.53. The van der Waals surface area contributed by atoms with Gasteiger partial charge in [0.25, 0.3) is 5.91 Å². The monoisotopic (exact) mass is 344 g/mol. The predicted octanol–water partition coefficient (Wildman–Crippen LogP) is 3.81. The van der Waals surface area contributed by atoms with Gasteiger partial charge >= 0.3 is 6.09 Å². The lowest BCUT2D eigenvalue weighted by molar-refractivity contribution is 0.0189. The van der Waals surface area contributed by atoms with Crippen LogP contribution in [0.4, 0.5) is 9.18 Å². The first-order valence-electron chi connectivity index (χ1n) is 7.26. The standard InChI is InChI=1S/C16H22ClFN2O3/c1-6-13(20(5)15(22)23-16(2,3)4)19-14(21)10-7-11(17)9-12(18)8-10/h7-9,13H,6H2,1-5H3,(H,19,21). The fourth-order valence-electron chi connectivity index (χ4n) is 1.85.